The van der Waals surface area contributed by atoms with E-state index in [-0.39, 0.29) is 11.8 Å². The van der Waals surface area contributed by atoms with Crippen molar-refractivity contribution in [2.75, 3.05) is 6.54 Å². The molecule has 110 valence electrons. The fraction of sp³-hybridized carbons (Fsp3) is 0.429. The summed E-state index contributed by atoms with van der Waals surface area (Å²) in [5, 5.41) is 2.32. The molecule has 0 fully saturated rings. The van der Waals surface area contributed by atoms with Crippen molar-refractivity contribution >= 4 is 0 Å². The zero-order chi connectivity index (χ0) is 14.9. The number of halogens is 4. The second kappa shape index (κ2) is 5.34. The third-order valence-electron chi connectivity index (χ3n) is 3.36. The van der Waals surface area contributed by atoms with E-state index < -0.39 is 24.1 Å². The highest BCUT2D eigenvalue weighted by Gasteiger charge is 2.36. The molecule has 0 aromatic heterocycles. The normalized spacial score (nSPS) is 26.9. The van der Waals surface area contributed by atoms with Gasteiger partial charge in [-0.2, -0.15) is 13.2 Å². The number of ether oxygens (including phenoxy) is 1. The van der Waals surface area contributed by atoms with Crippen LogP contribution in [-0.4, -0.2) is 12.7 Å². The van der Waals surface area contributed by atoms with Gasteiger partial charge in [-0.3, -0.25) is 0 Å². The van der Waals surface area contributed by atoms with E-state index in [9.17, 15) is 17.6 Å². The number of hydrogen-bond acceptors (Lipinski definition) is 2. The molecule has 1 aliphatic heterocycles. The topological polar surface area (TPSA) is 21.3 Å². The highest BCUT2D eigenvalue weighted by molar-refractivity contribution is 5.31. The van der Waals surface area contributed by atoms with E-state index in [2.05, 4.69) is 5.32 Å². The summed E-state index contributed by atoms with van der Waals surface area (Å²) in [4.78, 5) is 0. The van der Waals surface area contributed by atoms with Crippen LogP contribution in [0, 0.1) is 11.8 Å². The molecule has 0 saturated carbocycles. The van der Waals surface area contributed by atoms with E-state index in [4.69, 9.17) is 4.74 Å². The number of hydrogen-bond donors (Lipinski definition) is 1. The quantitative estimate of drug-likeness (QED) is 0.777. The lowest BCUT2D eigenvalue weighted by molar-refractivity contribution is -0.0934. The van der Waals surface area contributed by atoms with E-state index in [0.29, 0.717) is 17.8 Å². The standard InChI is InChI=1S/C14H15F4NO/c1-8-3-4-11(5-9(8)2)20-13-12(15)6-10(7-19-13)14(16,17)18/h3-6,8-9,19H,7H2,1-2H3. The van der Waals surface area contributed by atoms with Gasteiger partial charge in [0.15, 0.2) is 5.83 Å². The van der Waals surface area contributed by atoms with Crippen LogP contribution in [0.2, 0.25) is 0 Å². The lowest BCUT2D eigenvalue weighted by Crippen LogP contribution is -2.29. The number of rotatable bonds is 2. The first-order chi connectivity index (χ1) is 9.27. The van der Waals surface area contributed by atoms with Crippen LogP contribution in [0.4, 0.5) is 17.6 Å². The maximum Gasteiger partial charge on any atom is 0.414 e. The van der Waals surface area contributed by atoms with Gasteiger partial charge in [0.1, 0.15) is 5.76 Å². The fourth-order valence-electron chi connectivity index (χ4n) is 1.87. The zero-order valence-corrected chi connectivity index (χ0v) is 11.1. The van der Waals surface area contributed by atoms with Crippen LogP contribution in [0.5, 0.6) is 0 Å². The summed E-state index contributed by atoms with van der Waals surface area (Å²) in [5.74, 6) is -0.335. The maximum absolute atomic E-state index is 13.6. The van der Waals surface area contributed by atoms with Gasteiger partial charge in [0, 0.05) is 6.54 Å². The van der Waals surface area contributed by atoms with Crippen molar-refractivity contribution in [3.8, 4) is 0 Å². The van der Waals surface area contributed by atoms with Gasteiger partial charge in [-0.15, -0.1) is 0 Å². The van der Waals surface area contributed by atoms with E-state index in [1.165, 1.54) is 0 Å². The minimum atomic E-state index is -4.54. The minimum absolute atomic E-state index is 0.225. The van der Waals surface area contributed by atoms with Gasteiger partial charge in [-0.05, 0) is 30.1 Å². The Balaban J connectivity index is 2.14. The van der Waals surface area contributed by atoms with Gasteiger partial charge < -0.3 is 10.1 Å². The molecule has 1 N–H and O–H groups in total. The van der Waals surface area contributed by atoms with E-state index in [1.807, 2.05) is 26.0 Å². The molecular formula is C14H15F4NO. The molecule has 2 rings (SSSR count). The molecule has 2 nitrogen and oxygen atoms in total. The van der Waals surface area contributed by atoms with E-state index in [0.717, 1.165) is 0 Å². The summed E-state index contributed by atoms with van der Waals surface area (Å²) in [7, 11) is 0. The van der Waals surface area contributed by atoms with Gasteiger partial charge >= 0.3 is 6.18 Å². The second-order valence-corrected chi connectivity index (χ2v) is 4.95. The van der Waals surface area contributed by atoms with Crippen molar-refractivity contribution in [1.29, 1.82) is 0 Å². The van der Waals surface area contributed by atoms with Crippen LogP contribution in [0.1, 0.15) is 13.8 Å². The predicted molar refractivity (Wildman–Crippen MR) is 66.9 cm³/mol. The molecule has 0 radical (unpaired) electrons. The first-order valence-corrected chi connectivity index (χ1v) is 6.26. The van der Waals surface area contributed by atoms with Crippen molar-refractivity contribution < 1.29 is 22.3 Å². The molecule has 1 heterocycles. The van der Waals surface area contributed by atoms with Crippen molar-refractivity contribution in [3.05, 3.63) is 47.3 Å². The Hall–Kier alpha value is -1.72. The van der Waals surface area contributed by atoms with Crippen molar-refractivity contribution in [2.45, 2.75) is 20.0 Å². The second-order valence-electron chi connectivity index (χ2n) is 4.95. The number of allylic oxidation sites excluding steroid dienone is 5. The molecule has 0 amide bonds. The molecule has 2 atom stereocenters. The van der Waals surface area contributed by atoms with Crippen molar-refractivity contribution in [3.63, 3.8) is 0 Å². The highest BCUT2D eigenvalue weighted by Crippen LogP contribution is 2.31. The smallest absolute Gasteiger partial charge is 0.414 e. The van der Waals surface area contributed by atoms with Gasteiger partial charge in [0.2, 0.25) is 5.88 Å². The lowest BCUT2D eigenvalue weighted by atomic mass is 9.91. The summed E-state index contributed by atoms with van der Waals surface area (Å²) in [6, 6.07) is 0. The molecule has 2 aliphatic rings. The van der Waals surface area contributed by atoms with Crippen LogP contribution in [0.15, 0.2) is 47.3 Å². The zero-order valence-electron chi connectivity index (χ0n) is 11.1. The monoisotopic (exact) mass is 289 g/mol. The third-order valence-corrected chi connectivity index (χ3v) is 3.36. The van der Waals surface area contributed by atoms with E-state index >= 15 is 0 Å². The summed E-state index contributed by atoms with van der Waals surface area (Å²) in [6.45, 7) is 3.51. The molecule has 2 unspecified atom stereocenters. The van der Waals surface area contributed by atoms with Gasteiger partial charge in [-0.25, -0.2) is 4.39 Å². The van der Waals surface area contributed by atoms with Crippen molar-refractivity contribution in [1.82, 2.24) is 5.32 Å². The average Bonchev–Trinajstić information content (AvgIpc) is 2.35. The largest absolute Gasteiger partial charge is 0.439 e. The average molecular weight is 289 g/mol. The van der Waals surface area contributed by atoms with Gasteiger partial charge in [0.25, 0.3) is 0 Å². The molecule has 0 spiro atoms. The van der Waals surface area contributed by atoms with Crippen molar-refractivity contribution in [2.24, 2.45) is 11.8 Å². The Labute approximate surface area is 114 Å². The molecule has 6 heteroatoms. The van der Waals surface area contributed by atoms with Gasteiger partial charge in [-0.1, -0.05) is 19.9 Å². The Bertz CT molecular complexity index is 514. The number of nitrogens with one attached hydrogen (secondary N) is 1. The Morgan fingerprint density at radius 1 is 1.25 bits per heavy atom. The van der Waals surface area contributed by atoms with Crippen LogP contribution in [0.25, 0.3) is 0 Å². The summed E-state index contributed by atoms with van der Waals surface area (Å²) >= 11 is 0. The summed E-state index contributed by atoms with van der Waals surface area (Å²) in [5.41, 5.74) is -0.961. The molecular weight excluding hydrogens is 274 g/mol. The maximum atomic E-state index is 13.6. The Kier molecular flexibility index (Phi) is 3.92. The Morgan fingerprint density at radius 2 is 1.95 bits per heavy atom. The predicted octanol–water partition coefficient (Wildman–Crippen LogP) is 3.96. The SMILES string of the molecule is CC1C=CC(OC2=C(F)C=C(C(F)(F)F)CN2)=CC1C. The first kappa shape index (κ1) is 14.7. The molecule has 0 aromatic rings. The lowest BCUT2D eigenvalue weighted by Gasteiger charge is -2.23. The van der Waals surface area contributed by atoms with Crippen LogP contribution < -0.4 is 5.32 Å². The Morgan fingerprint density at radius 3 is 2.50 bits per heavy atom. The van der Waals surface area contributed by atoms with Crippen LogP contribution in [-0.2, 0) is 4.74 Å². The number of alkyl halides is 3. The molecule has 0 saturated heterocycles. The van der Waals surface area contributed by atoms with E-state index in [1.54, 1.807) is 6.08 Å². The molecule has 0 aromatic carbocycles. The fourth-order valence-corrected chi connectivity index (χ4v) is 1.87. The first-order valence-electron chi connectivity index (χ1n) is 6.26. The third kappa shape index (κ3) is 3.23. The summed E-state index contributed by atoms with van der Waals surface area (Å²) in [6.07, 6.45) is 1.35. The summed E-state index contributed by atoms with van der Waals surface area (Å²) < 4.78 is 56.2. The van der Waals surface area contributed by atoms with Crippen LogP contribution in [0.3, 0.4) is 0 Å². The molecule has 1 aliphatic carbocycles. The molecule has 20 heavy (non-hydrogen) atoms. The number of dihydropyridines is 1. The van der Waals surface area contributed by atoms with Gasteiger partial charge in [0.05, 0.1) is 5.57 Å². The molecule has 0 bridgehead atoms. The highest BCUT2D eigenvalue weighted by atomic mass is 19.4. The van der Waals surface area contributed by atoms with Crippen LogP contribution >= 0.6 is 0 Å². The minimum Gasteiger partial charge on any atom is -0.439 e.